The molecule has 4 fully saturated rings. The molecule has 0 amide bonds. The molecule has 1 heterocycles. The van der Waals surface area contributed by atoms with Crippen molar-refractivity contribution in [2.45, 2.75) is 45.4 Å². The molecule has 4 aliphatic carbocycles. The zero-order chi connectivity index (χ0) is 12.4. The van der Waals surface area contributed by atoms with E-state index in [0.717, 1.165) is 23.8 Å². The van der Waals surface area contributed by atoms with Crippen LogP contribution in [0.25, 0.3) is 0 Å². The quantitative estimate of drug-likeness (QED) is 0.714. The molecule has 0 spiro atoms. The third-order valence-electron chi connectivity index (χ3n) is 5.62. The van der Waals surface area contributed by atoms with Crippen LogP contribution in [-0.4, -0.2) is 5.78 Å². The molecule has 0 aromatic carbocycles. The second-order valence-corrected chi connectivity index (χ2v) is 8.17. The van der Waals surface area contributed by atoms with Crippen molar-refractivity contribution in [1.82, 2.24) is 0 Å². The minimum Gasteiger partial charge on any atom is -0.294 e. The Balaban J connectivity index is 1.73. The maximum Gasteiger partial charge on any atom is 0.169 e. The molecule has 0 aliphatic heterocycles. The molecule has 5 rings (SSSR count). The summed E-state index contributed by atoms with van der Waals surface area (Å²) < 4.78 is 0. The van der Waals surface area contributed by atoms with E-state index in [1.165, 1.54) is 32.1 Å². The molecule has 2 unspecified atom stereocenters. The largest absolute Gasteiger partial charge is 0.294 e. The van der Waals surface area contributed by atoms with Crippen LogP contribution >= 0.6 is 11.3 Å². The highest BCUT2D eigenvalue weighted by molar-refractivity contribution is 7.08. The van der Waals surface area contributed by atoms with Crippen LogP contribution in [0, 0.1) is 22.7 Å². The molecule has 1 aromatic heterocycles. The van der Waals surface area contributed by atoms with Gasteiger partial charge in [0.25, 0.3) is 0 Å². The summed E-state index contributed by atoms with van der Waals surface area (Å²) in [7, 11) is 0. The van der Waals surface area contributed by atoms with E-state index in [0.29, 0.717) is 11.2 Å². The average Bonchev–Trinajstić information content (AvgIpc) is 2.77. The van der Waals surface area contributed by atoms with Crippen molar-refractivity contribution >= 4 is 17.1 Å². The second-order valence-electron chi connectivity index (χ2n) is 7.39. The van der Waals surface area contributed by atoms with Gasteiger partial charge in [0.05, 0.1) is 0 Å². The summed E-state index contributed by atoms with van der Waals surface area (Å²) in [6, 6.07) is 2.02. The Labute approximate surface area is 113 Å². The maximum absolute atomic E-state index is 12.9. The Morgan fingerprint density at radius 2 is 2.00 bits per heavy atom. The van der Waals surface area contributed by atoms with Crippen molar-refractivity contribution < 1.29 is 4.79 Å². The molecule has 1 aromatic rings. The van der Waals surface area contributed by atoms with Crippen molar-refractivity contribution in [3.63, 3.8) is 0 Å². The fourth-order valence-corrected chi connectivity index (χ4v) is 6.32. The molecule has 2 heteroatoms. The van der Waals surface area contributed by atoms with Crippen LogP contribution < -0.4 is 0 Å². The number of Topliss-reactive ketones (excluding diaryl/α,β-unsaturated/α-hetero) is 1. The molecule has 4 aliphatic rings. The number of ketones is 1. The van der Waals surface area contributed by atoms with Gasteiger partial charge in [-0.1, -0.05) is 6.92 Å². The third-order valence-corrected chi connectivity index (χ3v) is 6.30. The van der Waals surface area contributed by atoms with Gasteiger partial charge in [-0.15, -0.1) is 0 Å². The van der Waals surface area contributed by atoms with Gasteiger partial charge in [0.2, 0.25) is 0 Å². The van der Waals surface area contributed by atoms with Gasteiger partial charge in [0.15, 0.2) is 5.78 Å². The molecule has 2 atom stereocenters. The Hall–Kier alpha value is -0.630. The fourth-order valence-electron chi connectivity index (χ4n) is 5.69. The number of hydrogen-bond acceptors (Lipinski definition) is 2. The van der Waals surface area contributed by atoms with E-state index in [1.807, 2.05) is 16.8 Å². The van der Waals surface area contributed by atoms with E-state index in [-0.39, 0.29) is 5.41 Å². The molecule has 4 saturated carbocycles. The SMILES string of the molecule is CC12CC3CC(C1)CC(C(=O)c1ccsc1)(C3)C2. The van der Waals surface area contributed by atoms with Crippen LogP contribution in [0.15, 0.2) is 16.8 Å². The normalized spacial score (nSPS) is 45.4. The van der Waals surface area contributed by atoms with E-state index >= 15 is 0 Å². The number of rotatable bonds is 2. The Kier molecular flexibility index (Phi) is 2.16. The summed E-state index contributed by atoms with van der Waals surface area (Å²) in [5.74, 6) is 2.13. The lowest BCUT2D eigenvalue weighted by molar-refractivity contribution is -0.0820. The van der Waals surface area contributed by atoms with E-state index < -0.39 is 0 Å². The lowest BCUT2D eigenvalue weighted by atomic mass is 9.43. The van der Waals surface area contributed by atoms with E-state index in [9.17, 15) is 4.79 Å². The van der Waals surface area contributed by atoms with E-state index in [4.69, 9.17) is 0 Å². The predicted octanol–water partition coefficient (Wildman–Crippen LogP) is 4.54. The van der Waals surface area contributed by atoms with Crippen molar-refractivity contribution in [3.05, 3.63) is 22.4 Å². The first-order valence-corrected chi connectivity index (χ1v) is 8.10. The van der Waals surface area contributed by atoms with Crippen LogP contribution in [0.5, 0.6) is 0 Å². The fraction of sp³-hybridized carbons (Fsp3) is 0.688. The zero-order valence-electron chi connectivity index (χ0n) is 10.9. The average molecular weight is 260 g/mol. The van der Waals surface area contributed by atoms with Crippen LogP contribution in [0.3, 0.4) is 0 Å². The molecule has 0 N–H and O–H groups in total. The highest BCUT2D eigenvalue weighted by Crippen LogP contribution is 2.65. The predicted molar refractivity (Wildman–Crippen MR) is 73.9 cm³/mol. The summed E-state index contributed by atoms with van der Waals surface area (Å²) in [4.78, 5) is 12.9. The molecule has 18 heavy (non-hydrogen) atoms. The van der Waals surface area contributed by atoms with Gasteiger partial charge < -0.3 is 0 Å². The van der Waals surface area contributed by atoms with Gasteiger partial charge in [-0.05, 0) is 67.2 Å². The topological polar surface area (TPSA) is 17.1 Å². The first-order valence-electron chi connectivity index (χ1n) is 7.16. The highest BCUT2D eigenvalue weighted by atomic mass is 32.1. The minimum atomic E-state index is 0.0138. The second kappa shape index (κ2) is 3.47. The highest BCUT2D eigenvalue weighted by Gasteiger charge is 2.58. The number of carbonyl (C=O) groups is 1. The van der Waals surface area contributed by atoms with Crippen molar-refractivity contribution in [2.24, 2.45) is 22.7 Å². The van der Waals surface area contributed by atoms with Gasteiger partial charge >= 0.3 is 0 Å². The number of hydrogen-bond donors (Lipinski definition) is 0. The van der Waals surface area contributed by atoms with Crippen molar-refractivity contribution in [1.29, 1.82) is 0 Å². The van der Waals surface area contributed by atoms with Crippen LogP contribution in [0.4, 0.5) is 0 Å². The molecule has 1 nitrogen and oxygen atoms in total. The lowest BCUT2D eigenvalue weighted by Gasteiger charge is -2.60. The van der Waals surface area contributed by atoms with Crippen LogP contribution in [0.1, 0.15) is 55.8 Å². The van der Waals surface area contributed by atoms with Gasteiger partial charge in [-0.2, -0.15) is 11.3 Å². The minimum absolute atomic E-state index is 0.0138. The van der Waals surface area contributed by atoms with E-state index in [2.05, 4.69) is 6.92 Å². The Morgan fingerprint density at radius 1 is 1.28 bits per heavy atom. The van der Waals surface area contributed by atoms with Gasteiger partial charge in [-0.3, -0.25) is 4.79 Å². The summed E-state index contributed by atoms with van der Waals surface area (Å²) in [5, 5.41) is 4.08. The molecule has 0 saturated heterocycles. The van der Waals surface area contributed by atoms with Crippen LogP contribution in [-0.2, 0) is 0 Å². The van der Waals surface area contributed by atoms with Crippen LogP contribution in [0.2, 0.25) is 0 Å². The monoisotopic (exact) mass is 260 g/mol. The summed E-state index contributed by atoms with van der Waals surface area (Å²) in [5.41, 5.74) is 1.46. The molecule has 4 bridgehead atoms. The first kappa shape index (κ1) is 11.2. The molecular weight excluding hydrogens is 240 g/mol. The third kappa shape index (κ3) is 1.48. The lowest BCUT2D eigenvalue weighted by Crippen LogP contribution is -2.53. The standard InChI is InChI=1S/C16H20OS/c1-15-5-11-4-12(6-15)8-16(7-11,10-15)14(17)13-2-3-18-9-13/h2-3,9,11-12H,4-8,10H2,1H3. The number of carbonyl (C=O) groups excluding carboxylic acids is 1. The van der Waals surface area contributed by atoms with Gasteiger partial charge in [-0.25, -0.2) is 0 Å². The smallest absolute Gasteiger partial charge is 0.169 e. The van der Waals surface area contributed by atoms with Gasteiger partial charge in [0, 0.05) is 16.4 Å². The Morgan fingerprint density at radius 3 is 2.56 bits per heavy atom. The van der Waals surface area contributed by atoms with E-state index in [1.54, 1.807) is 11.3 Å². The maximum atomic E-state index is 12.9. The summed E-state index contributed by atoms with van der Waals surface area (Å²) >= 11 is 1.65. The molecule has 0 radical (unpaired) electrons. The summed E-state index contributed by atoms with van der Waals surface area (Å²) in [6.07, 6.45) is 7.65. The Bertz CT molecular complexity index is 473. The van der Waals surface area contributed by atoms with Gasteiger partial charge in [0.1, 0.15) is 0 Å². The van der Waals surface area contributed by atoms with Crippen molar-refractivity contribution in [2.75, 3.05) is 0 Å². The first-order chi connectivity index (χ1) is 8.59. The number of thiophene rings is 1. The summed E-state index contributed by atoms with van der Waals surface area (Å²) in [6.45, 7) is 2.43. The molecular formula is C16H20OS. The zero-order valence-corrected chi connectivity index (χ0v) is 11.8. The molecule has 96 valence electrons. The van der Waals surface area contributed by atoms with Crippen molar-refractivity contribution in [3.8, 4) is 0 Å².